The lowest BCUT2D eigenvalue weighted by Crippen LogP contribution is -2.51. The van der Waals surface area contributed by atoms with E-state index < -0.39 is 23.7 Å². The number of hydrogen-bond donors (Lipinski definition) is 1. The van der Waals surface area contributed by atoms with E-state index in [4.69, 9.17) is 0 Å². The molecule has 1 atom stereocenters. The van der Waals surface area contributed by atoms with Crippen LogP contribution in [0.25, 0.3) is 6.08 Å². The Labute approximate surface area is 267 Å². The van der Waals surface area contributed by atoms with Gasteiger partial charge in [0.15, 0.2) is 0 Å². The number of amides is 3. The molecule has 0 bridgehead atoms. The van der Waals surface area contributed by atoms with Gasteiger partial charge in [-0.1, -0.05) is 54.6 Å². The molecule has 3 aromatic rings. The molecule has 11 heteroatoms. The van der Waals surface area contributed by atoms with E-state index in [-0.39, 0.29) is 37.9 Å². The second kappa shape index (κ2) is 15.6. The smallest absolute Gasteiger partial charge is 0.395 e. The maximum Gasteiger partial charge on any atom is 0.416 e. The second-order valence-electron chi connectivity index (χ2n) is 11.3. The van der Waals surface area contributed by atoms with Crippen molar-refractivity contribution in [3.05, 3.63) is 107 Å². The van der Waals surface area contributed by atoms with Gasteiger partial charge in [-0.15, -0.1) is 0 Å². The number of carbonyl (C=O) groups excluding carboxylic acids is 3. The molecule has 1 unspecified atom stereocenters. The first-order valence-electron chi connectivity index (χ1n) is 15.1. The Bertz CT molecular complexity index is 1490. The van der Waals surface area contributed by atoms with Crippen LogP contribution in [0.1, 0.15) is 29.2 Å². The molecule has 3 amide bonds. The summed E-state index contributed by atoms with van der Waals surface area (Å²) in [6.07, 6.45) is -1.56. The number of alkyl halides is 3. The lowest BCUT2D eigenvalue weighted by Gasteiger charge is -2.36. The Morgan fingerprint density at radius 3 is 2.09 bits per heavy atom. The van der Waals surface area contributed by atoms with Crippen molar-refractivity contribution in [2.75, 3.05) is 51.3 Å². The highest BCUT2D eigenvalue weighted by Crippen LogP contribution is 2.29. The zero-order chi connectivity index (χ0) is 33.3. The van der Waals surface area contributed by atoms with E-state index in [9.17, 15) is 32.7 Å². The Morgan fingerprint density at radius 2 is 1.52 bits per heavy atom. The molecule has 1 aliphatic heterocycles. The van der Waals surface area contributed by atoms with Crippen LogP contribution >= 0.6 is 0 Å². The standard InChI is InChI=1S/C35H39F3N4O4/c1-26(44)40-18-20-41(21-19-40)31-15-10-29(11-16-31)25-42(33(45)17-12-27-8-13-30(14-9-27)35(36,37)38)32(34(46)39(2)22-23-43)24-28-6-4-3-5-7-28/h3-17,32,43H,18-25H2,1-2H3. The minimum atomic E-state index is -4.47. The first-order valence-corrected chi connectivity index (χ1v) is 15.1. The molecule has 0 radical (unpaired) electrons. The van der Waals surface area contributed by atoms with Crippen molar-refractivity contribution in [1.29, 1.82) is 0 Å². The largest absolute Gasteiger partial charge is 0.416 e. The number of aliphatic hydroxyl groups excluding tert-OH is 1. The summed E-state index contributed by atoms with van der Waals surface area (Å²) in [5, 5.41) is 9.52. The molecule has 244 valence electrons. The summed E-state index contributed by atoms with van der Waals surface area (Å²) in [5.41, 5.74) is 2.20. The maximum atomic E-state index is 13.9. The Hall–Kier alpha value is -4.64. The number of aliphatic hydroxyl groups is 1. The van der Waals surface area contributed by atoms with E-state index in [1.165, 1.54) is 34.1 Å². The zero-order valence-electron chi connectivity index (χ0n) is 26.0. The van der Waals surface area contributed by atoms with Gasteiger partial charge in [0.2, 0.25) is 17.7 Å². The number of nitrogens with zero attached hydrogens (tertiary/aromatic N) is 4. The fourth-order valence-corrected chi connectivity index (χ4v) is 5.36. The monoisotopic (exact) mass is 636 g/mol. The number of hydrogen-bond acceptors (Lipinski definition) is 5. The first kappa shape index (κ1) is 34.2. The van der Waals surface area contributed by atoms with E-state index in [0.29, 0.717) is 31.7 Å². The topological polar surface area (TPSA) is 84.4 Å². The van der Waals surface area contributed by atoms with E-state index in [1.54, 1.807) is 14.0 Å². The van der Waals surface area contributed by atoms with E-state index in [1.807, 2.05) is 59.5 Å². The number of piperazine rings is 1. The van der Waals surface area contributed by atoms with Crippen LogP contribution < -0.4 is 4.90 Å². The molecule has 8 nitrogen and oxygen atoms in total. The second-order valence-corrected chi connectivity index (χ2v) is 11.3. The molecule has 0 aliphatic carbocycles. The minimum Gasteiger partial charge on any atom is -0.395 e. The molecule has 0 aromatic heterocycles. The van der Waals surface area contributed by atoms with Crippen LogP contribution in [-0.4, -0.2) is 89.9 Å². The fraction of sp³-hybridized carbons (Fsp3) is 0.343. The molecule has 1 fully saturated rings. The van der Waals surface area contributed by atoms with Crippen molar-refractivity contribution in [3.63, 3.8) is 0 Å². The molecule has 0 saturated carbocycles. The predicted molar refractivity (Wildman–Crippen MR) is 171 cm³/mol. The molecule has 0 spiro atoms. The van der Waals surface area contributed by atoms with Crippen LogP contribution in [0.15, 0.2) is 84.9 Å². The summed E-state index contributed by atoms with van der Waals surface area (Å²) in [5.74, 6) is -0.790. The molecule has 3 aromatic carbocycles. The van der Waals surface area contributed by atoms with Crippen LogP contribution in [0, 0.1) is 0 Å². The minimum absolute atomic E-state index is 0.0522. The molecular formula is C35H39F3N4O4. The van der Waals surface area contributed by atoms with E-state index in [0.717, 1.165) is 28.9 Å². The van der Waals surface area contributed by atoms with Gasteiger partial charge in [-0.2, -0.15) is 13.2 Å². The van der Waals surface area contributed by atoms with Crippen LogP contribution in [0.3, 0.4) is 0 Å². The SMILES string of the molecule is CC(=O)N1CCN(c2ccc(CN(C(=O)C=Cc3ccc(C(F)(F)F)cc3)C(Cc3ccccc3)C(=O)N(C)CCO)cc2)CC1. The van der Waals surface area contributed by atoms with Gasteiger partial charge in [0.25, 0.3) is 0 Å². The van der Waals surface area contributed by atoms with Crippen molar-refractivity contribution in [1.82, 2.24) is 14.7 Å². The maximum absolute atomic E-state index is 13.9. The molecule has 1 heterocycles. The van der Waals surface area contributed by atoms with Gasteiger partial charge in [-0.05, 0) is 47.0 Å². The summed E-state index contributed by atoms with van der Waals surface area (Å²) >= 11 is 0. The fourth-order valence-electron chi connectivity index (χ4n) is 5.36. The van der Waals surface area contributed by atoms with Crippen molar-refractivity contribution >= 4 is 29.5 Å². The normalized spacial score (nSPS) is 14.3. The Kier molecular flexibility index (Phi) is 11.6. The number of likely N-dealkylation sites (N-methyl/N-ethyl adjacent to an activating group) is 1. The summed E-state index contributed by atoms with van der Waals surface area (Å²) in [4.78, 5) is 46.2. The highest BCUT2D eigenvalue weighted by Gasteiger charge is 2.32. The summed E-state index contributed by atoms with van der Waals surface area (Å²) in [7, 11) is 1.57. The highest BCUT2D eigenvalue weighted by molar-refractivity contribution is 5.95. The molecule has 46 heavy (non-hydrogen) atoms. The van der Waals surface area contributed by atoms with Gasteiger partial charge in [0.05, 0.1) is 12.2 Å². The van der Waals surface area contributed by atoms with E-state index in [2.05, 4.69) is 4.90 Å². The average molecular weight is 637 g/mol. The predicted octanol–water partition coefficient (Wildman–Crippen LogP) is 4.48. The average Bonchev–Trinajstić information content (AvgIpc) is 3.05. The Morgan fingerprint density at radius 1 is 0.891 bits per heavy atom. The van der Waals surface area contributed by atoms with Crippen molar-refractivity contribution in [2.45, 2.75) is 32.1 Å². The summed E-state index contributed by atoms with van der Waals surface area (Å²) < 4.78 is 39.1. The summed E-state index contributed by atoms with van der Waals surface area (Å²) in [6, 6.07) is 20.5. The van der Waals surface area contributed by atoms with Crippen LogP contribution in [0.2, 0.25) is 0 Å². The number of carbonyl (C=O) groups is 3. The molecule has 1 aliphatic rings. The van der Waals surface area contributed by atoms with Gasteiger partial charge in [0, 0.05) is 71.4 Å². The molecular weight excluding hydrogens is 597 g/mol. The van der Waals surface area contributed by atoms with Crippen molar-refractivity contribution in [2.24, 2.45) is 0 Å². The van der Waals surface area contributed by atoms with E-state index >= 15 is 0 Å². The third-order valence-electron chi connectivity index (χ3n) is 8.06. The summed E-state index contributed by atoms with van der Waals surface area (Å²) in [6.45, 7) is 4.15. The van der Waals surface area contributed by atoms with Crippen LogP contribution in [0.5, 0.6) is 0 Å². The zero-order valence-corrected chi connectivity index (χ0v) is 26.0. The number of halogens is 3. The van der Waals surface area contributed by atoms with Gasteiger partial charge < -0.3 is 24.7 Å². The van der Waals surface area contributed by atoms with Gasteiger partial charge in [-0.25, -0.2) is 0 Å². The van der Waals surface area contributed by atoms with Gasteiger partial charge in [-0.3, -0.25) is 14.4 Å². The highest BCUT2D eigenvalue weighted by atomic mass is 19.4. The van der Waals surface area contributed by atoms with Crippen LogP contribution in [-0.2, 0) is 33.5 Å². The van der Waals surface area contributed by atoms with Gasteiger partial charge >= 0.3 is 6.18 Å². The molecule has 1 saturated heterocycles. The third-order valence-corrected chi connectivity index (χ3v) is 8.06. The quantitative estimate of drug-likeness (QED) is 0.314. The molecule has 4 rings (SSSR count). The van der Waals surface area contributed by atoms with Crippen LogP contribution in [0.4, 0.5) is 18.9 Å². The third kappa shape index (κ3) is 9.20. The van der Waals surface area contributed by atoms with Gasteiger partial charge in [0.1, 0.15) is 6.04 Å². The molecule has 1 N–H and O–H groups in total. The first-order chi connectivity index (χ1) is 22.0. The number of rotatable bonds is 11. The van der Waals surface area contributed by atoms with Crippen molar-refractivity contribution in [3.8, 4) is 0 Å². The Balaban J connectivity index is 1.62. The number of anilines is 1. The number of benzene rings is 3. The van der Waals surface area contributed by atoms with Crippen molar-refractivity contribution < 1.29 is 32.7 Å². The lowest BCUT2D eigenvalue weighted by atomic mass is 10.0. The lowest BCUT2D eigenvalue weighted by molar-refractivity contribution is -0.143.